The third-order valence-electron chi connectivity index (χ3n) is 2.43. The maximum absolute atomic E-state index is 10.7. The van der Waals surface area contributed by atoms with Crippen LogP contribution in [0.4, 0.5) is 5.69 Å². The average Bonchev–Trinajstić information content (AvgIpc) is 2.28. The lowest BCUT2D eigenvalue weighted by molar-refractivity contribution is -0.384. The molecule has 1 aromatic rings. The highest BCUT2D eigenvalue weighted by Crippen LogP contribution is 2.14. The summed E-state index contributed by atoms with van der Waals surface area (Å²) < 4.78 is 0. The second-order valence-corrected chi connectivity index (χ2v) is 4.03. The summed E-state index contributed by atoms with van der Waals surface area (Å²) in [6.07, 6.45) is 0.836. The van der Waals surface area contributed by atoms with Gasteiger partial charge in [0.15, 0.2) is 0 Å². The first-order chi connectivity index (χ1) is 8.52. The molecular formula is C12H17ClN2O4. The van der Waals surface area contributed by atoms with E-state index in [0.29, 0.717) is 13.1 Å². The van der Waals surface area contributed by atoms with Crippen molar-refractivity contribution >= 4 is 24.1 Å². The molecule has 0 fully saturated rings. The number of nitro benzene ring substituents is 1. The first kappa shape index (κ1) is 17.3. The van der Waals surface area contributed by atoms with Crippen molar-refractivity contribution in [3.63, 3.8) is 0 Å². The van der Waals surface area contributed by atoms with Crippen LogP contribution in [0, 0.1) is 10.1 Å². The number of hydrogen-bond donors (Lipinski definition) is 1. The number of halogens is 1. The Morgan fingerprint density at radius 1 is 1.47 bits per heavy atom. The molecule has 1 N–H and O–H groups in total. The predicted molar refractivity (Wildman–Crippen MR) is 73.5 cm³/mol. The van der Waals surface area contributed by atoms with E-state index in [-0.39, 0.29) is 24.6 Å². The molecule has 0 atom stereocenters. The Labute approximate surface area is 117 Å². The van der Waals surface area contributed by atoms with Crippen molar-refractivity contribution in [1.29, 1.82) is 0 Å². The number of nitrogens with zero attached hydrogens (tertiary/aromatic N) is 2. The molecule has 0 spiro atoms. The fourth-order valence-corrected chi connectivity index (χ4v) is 1.75. The van der Waals surface area contributed by atoms with Gasteiger partial charge in [0.1, 0.15) is 0 Å². The lowest BCUT2D eigenvalue weighted by atomic mass is 10.2. The van der Waals surface area contributed by atoms with Crippen LogP contribution < -0.4 is 0 Å². The van der Waals surface area contributed by atoms with Crippen molar-refractivity contribution in [1.82, 2.24) is 4.90 Å². The van der Waals surface area contributed by atoms with Crippen LogP contribution in [-0.4, -0.2) is 34.0 Å². The van der Waals surface area contributed by atoms with Crippen molar-refractivity contribution < 1.29 is 14.8 Å². The number of carboxylic acid groups (broad SMARTS) is 1. The minimum absolute atomic E-state index is 0. The number of hydrogen-bond acceptors (Lipinski definition) is 4. The first-order valence-electron chi connectivity index (χ1n) is 5.70. The topological polar surface area (TPSA) is 83.7 Å². The summed E-state index contributed by atoms with van der Waals surface area (Å²) in [5.41, 5.74) is 0.776. The molecule has 1 aromatic carbocycles. The normalized spacial score (nSPS) is 10.0. The van der Waals surface area contributed by atoms with Crippen molar-refractivity contribution in [2.45, 2.75) is 19.9 Å². The highest BCUT2D eigenvalue weighted by atomic mass is 35.5. The Bertz CT molecular complexity index is 439. The molecule has 0 amide bonds. The molecule has 7 heteroatoms. The molecule has 0 heterocycles. The van der Waals surface area contributed by atoms with Crippen LogP contribution in [0.15, 0.2) is 24.3 Å². The molecule has 19 heavy (non-hydrogen) atoms. The van der Waals surface area contributed by atoms with Crippen molar-refractivity contribution in [2.75, 3.05) is 13.1 Å². The Balaban J connectivity index is 0.00000324. The molecule has 0 aliphatic rings. The maximum atomic E-state index is 10.7. The summed E-state index contributed by atoms with van der Waals surface area (Å²) in [5.74, 6) is -0.895. The summed E-state index contributed by atoms with van der Waals surface area (Å²) in [6.45, 7) is 2.95. The first-order valence-corrected chi connectivity index (χ1v) is 5.70. The van der Waals surface area contributed by atoms with Crippen LogP contribution >= 0.6 is 12.4 Å². The van der Waals surface area contributed by atoms with E-state index < -0.39 is 10.9 Å². The molecule has 0 aliphatic carbocycles. The molecule has 0 saturated carbocycles. The summed E-state index contributed by atoms with van der Waals surface area (Å²) >= 11 is 0. The van der Waals surface area contributed by atoms with Gasteiger partial charge in [-0.1, -0.05) is 19.1 Å². The second-order valence-electron chi connectivity index (χ2n) is 4.03. The summed E-state index contributed by atoms with van der Waals surface area (Å²) in [7, 11) is 0. The van der Waals surface area contributed by atoms with Crippen molar-refractivity contribution in [2.24, 2.45) is 0 Å². The van der Waals surface area contributed by atoms with E-state index in [9.17, 15) is 14.9 Å². The van der Waals surface area contributed by atoms with Gasteiger partial charge in [0.05, 0.1) is 11.5 Å². The molecule has 0 aliphatic heterocycles. The van der Waals surface area contributed by atoms with Gasteiger partial charge in [0, 0.05) is 18.7 Å². The molecule has 6 nitrogen and oxygen atoms in total. The zero-order chi connectivity index (χ0) is 13.5. The van der Waals surface area contributed by atoms with Gasteiger partial charge in [-0.15, -0.1) is 12.4 Å². The number of aliphatic carboxylic acids is 1. The van der Waals surface area contributed by atoms with Gasteiger partial charge in [0.2, 0.25) is 0 Å². The quantitative estimate of drug-likeness (QED) is 0.615. The highest BCUT2D eigenvalue weighted by Gasteiger charge is 2.11. The third-order valence-corrected chi connectivity index (χ3v) is 2.43. The molecule has 0 radical (unpaired) electrons. The fourth-order valence-electron chi connectivity index (χ4n) is 1.75. The minimum Gasteiger partial charge on any atom is -0.480 e. The Morgan fingerprint density at radius 3 is 2.68 bits per heavy atom. The largest absolute Gasteiger partial charge is 0.480 e. The SMILES string of the molecule is CCCN(CC(=O)O)Cc1cccc([N+](=O)[O-])c1.Cl. The number of rotatable bonds is 7. The van der Waals surface area contributed by atoms with Crippen molar-refractivity contribution in [3.8, 4) is 0 Å². The number of carboxylic acids is 1. The molecule has 0 unspecified atom stereocenters. The summed E-state index contributed by atoms with van der Waals surface area (Å²) in [4.78, 5) is 22.6. The summed E-state index contributed by atoms with van der Waals surface area (Å²) in [5, 5.41) is 19.4. The lowest BCUT2D eigenvalue weighted by Crippen LogP contribution is -2.30. The summed E-state index contributed by atoms with van der Waals surface area (Å²) in [6, 6.07) is 6.27. The Hall–Kier alpha value is -1.66. The molecule has 0 bridgehead atoms. The van der Waals surface area contributed by atoms with Gasteiger partial charge in [-0.05, 0) is 18.5 Å². The van der Waals surface area contributed by atoms with Crippen molar-refractivity contribution in [3.05, 3.63) is 39.9 Å². The maximum Gasteiger partial charge on any atom is 0.317 e. The van der Waals surface area contributed by atoms with Gasteiger partial charge in [0.25, 0.3) is 5.69 Å². The number of nitro groups is 1. The Morgan fingerprint density at radius 2 is 2.16 bits per heavy atom. The Kier molecular flexibility index (Phi) is 7.71. The molecule has 1 rings (SSSR count). The molecule has 106 valence electrons. The molecular weight excluding hydrogens is 272 g/mol. The highest BCUT2D eigenvalue weighted by molar-refractivity contribution is 5.85. The monoisotopic (exact) mass is 288 g/mol. The lowest BCUT2D eigenvalue weighted by Gasteiger charge is -2.19. The van der Waals surface area contributed by atoms with E-state index in [2.05, 4.69) is 0 Å². The minimum atomic E-state index is -0.895. The standard InChI is InChI=1S/C12H16N2O4.ClH/c1-2-6-13(9-12(15)16)8-10-4-3-5-11(7-10)14(17)18;/h3-5,7H,2,6,8-9H2,1H3,(H,15,16);1H. The fraction of sp³-hybridized carbons (Fsp3) is 0.417. The van der Waals surface area contributed by atoms with Gasteiger partial charge in [-0.2, -0.15) is 0 Å². The van der Waals surface area contributed by atoms with Crippen LogP contribution in [0.5, 0.6) is 0 Å². The van der Waals surface area contributed by atoms with Gasteiger partial charge in [-0.3, -0.25) is 19.8 Å². The van der Waals surface area contributed by atoms with Gasteiger partial charge in [-0.25, -0.2) is 0 Å². The van der Waals surface area contributed by atoms with E-state index in [1.807, 2.05) is 6.92 Å². The zero-order valence-corrected chi connectivity index (χ0v) is 11.4. The predicted octanol–water partition coefficient (Wildman–Crippen LogP) is 2.31. The number of benzene rings is 1. The smallest absolute Gasteiger partial charge is 0.317 e. The van der Waals surface area contributed by atoms with E-state index in [1.54, 1.807) is 17.0 Å². The van der Waals surface area contributed by atoms with E-state index >= 15 is 0 Å². The van der Waals surface area contributed by atoms with Gasteiger partial charge < -0.3 is 5.11 Å². The van der Waals surface area contributed by atoms with Crippen LogP contribution in [-0.2, 0) is 11.3 Å². The van der Waals surface area contributed by atoms with Crippen LogP contribution in [0.25, 0.3) is 0 Å². The van der Waals surface area contributed by atoms with E-state index in [0.717, 1.165) is 12.0 Å². The third kappa shape index (κ3) is 6.17. The number of carbonyl (C=O) groups is 1. The number of non-ortho nitro benzene ring substituents is 1. The van der Waals surface area contributed by atoms with Crippen LogP contribution in [0.3, 0.4) is 0 Å². The van der Waals surface area contributed by atoms with Crippen LogP contribution in [0.2, 0.25) is 0 Å². The van der Waals surface area contributed by atoms with E-state index in [4.69, 9.17) is 5.11 Å². The zero-order valence-electron chi connectivity index (χ0n) is 10.6. The molecule has 0 saturated heterocycles. The van der Waals surface area contributed by atoms with Gasteiger partial charge >= 0.3 is 5.97 Å². The van der Waals surface area contributed by atoms with E-state index in [1.165, 1.54) is 12.1 Å². The second kappa shape index (κ2) is 8.44. The van der Waals surface area contributed by atoms with Crippen LogP contribution in [0.1, 0.15) is 18.9 Å². The average molecular weight is 289 g/mol. The molecule has 0 aromatic heterocycles.